The molecule has 0 aliphatic heterocycles. The molecular formula is C15H16F2N2O. The molecule has 3 nitrogen and oxygen atoms in total. The Balaban J connectivity index is 2.29. The van der Waals surface area contributed by atoms with Crippen LogP contribution in [0.4, 0.5) is 14.5 Å². The van der Waals surface area contributed by atoms with Crippen molar-refractivity contribution in [2.75, 3.05) is 19.0 Å². The molecule has 0 amide bonds. The van der Waals surface area contributed by atoms with Gasteiger partial charge in [0.25, 0.3) is 0 Å². The third kappa shape index (κ3) is 3.05. The number of para-hydroxylation sites is 2. The summed E-state index contributed by atoms with van der Waals surface area (Å²) in [5, 5.41) is 3.11. The number of benzene rings is 2. The van der Waals surface area contributed by atoms with Crippen molar-refractivity contribution in [3.8, 4) is 5.75 Å². The van der Waals surface area contributed by atoms with E-state index in [4.69, 9.17) is 10.5 Å². The number of nitrogens with two attached hydrogens (primary N) is 1. The van der Waals surface area contributed by atoms with E-state index in [1.165, 1.54) is 12.1 Å². The largest absolute Gasteiger partial charge is 0.495 e. The third-order valence-electron chi connectivity index (χ3n) is 3.01. The molecule has 0 bridgehead atoms. The van der Waals surface area contributed by atoms with Gasteiger partial charge in [-0.3, -0.25) is 0 Å². The van der Waals surface area contributed by atoms with Gasteiger partial charge in [-0.2, -0.15) is 0 Å². The van der Waals surface area contributed by atoms with Gasteiger partial charge in [-0.15, -0.1) is 0 Å². The number of ether oxygens (including phenoxy) is 1. The van der Waals surface area contributed by atoms with Crippen molar-refractivity contribution >= 4 is 5.69 Å². The van der Waals surface area contributed by atoms with Crippen LogP contribution in [0.3, 0.4) is 0 Å². The molecule has 2 aromatic rings. The highest BCUT2D eigenvalue weighted by Crippen LogP contribution is 2.28. The zero-order valence-electron chi connectivity index (χ0n) is 11.1. The third-order valence-corrected chi connectivity index (χ3v) is 3.01. The lowest BCUT2D eigenvalue weighted by Crippen LogP contribution is -2.22. The van der Waals surface area contributed by atoms with Crippen molar-refractivity contribution in [1.29, 1.82) is 0 Å². The average molecular weight is 278 g/mol. The smallest absolute Gasteiger partial charge is 0.141 e. The van der Waals surface area contributed by atoms with E-state index in [2.05, 4.69) is 5.32 Å². The van der Waals surface area contributed by atoms with Crippen LogP contribution in [0.1, 0.15) is 11.6 Å². The summed E-state index contributed by atoms with van der Waals surface area (Å²) in [5.41, 5.74) is 6.71. The Hall–Kier alpha value is -2.14. The number of nitrogens with one attached hydrogen (secondary N) is 1. The van der Waals surface area contributed by atoms with Crippen LogP contribution < -0.4 is 15.8 Å². The maximum Gasteiger partial charge on any atom is 0.141 e. The highest BCUT2D eigenvalue weighted by molar-refractivity contribution is 5.57. The molecule has 0 radical (unpaired) electrons. The number of anilines is 1. The first-order chi connectivity index (χ1) is 9.65. The number of methoxy groups -OCH3 is 1. The van der Waals surface area contributed by atoms with E-state index in [1.54, 1.807) is 13.2 Å². The van der Waals surface area contributed by atoms with E-state index >= 15 is 0 Å². The van der Waals surface area contributed by atoms with Crippen LogP contribution in [0.2, 0.25) is 0 Å². The first-order valence-electron chi connectivity index (χ1n) is 6.20. The van der Waals surface area contributed by atoms with Crippen molar-refractivity contribution in [1.82, 2.24) is 0 Å². The van der Waals surface area contributed by atoms with Gasteiger partial charge in [0, 0.05) is 18.2 Å². The number of halogens is 2. The molecule has 0 heterocycles. The summed E-state index contributed by atoms with van der Waals surface area (Å²) in [6, 6.07) is 10.3. The fourth-order valence-corrected chi connectivity index (χ4v) is 2.00. The van der Waals surface area contributed by atoms with E-state index in [0.29, 0.717) is 17.0 Å². The number of hydrogen-bond acceptors (Lipinski definition) is 3. The van der Waals surface area contributed by atoms with Crippen molar-refractivity contribution < 1.29 is 13.5 Å². The molecule has 106 valence electrons. The molecule has 0 aromatic heterocycles. The molecule has 0 saturated heterocycles. The Morgan fingerprint density at radius 3 is 2.60 bits per heavy atom. The standard InChI is InChI=1S/C15H16F2N2O/c1-20-15-5-3-2-4-13(15)19-14(9-18)11-7-6-10(16)8-12(11)17/h2-8,14,19H,9,18H2,1H3. The van der Waals surface area contributed by atoms with Crippen LogP contribution in [0.5, 0.6) is 5.75 Å². The highest BCUT2D eigenvalue weighted by atomic mass is 19.1. The van der Waals surface area contributed by atoms with Gasteiger partial charge >= 0.3 is 0 Å². The summed E-state index contributed by atoms with van der Waals surface area (Å²) in [6.07, 6.45) is 0. The lowest BCUT2D eigenvalue weighted by atomic mass is 10.1. The van der Waals surface area contributed by atoms with Gasteiger partial charge in [0.15, 0.2) is 0 Å². The predicted molar refractivity (Wildman–Crippen MR) is 74.8 cm³/mol. The second-order valence-electron chi connectivity index (χ2n) is 4.30. The topological polar surface area (TPSA) is 47.3 Å². The van der Waals surface area contributed by atoms with Gasteiger partial charge in [0.2, 0.25) is 0 Å². The molecule has 2 rings (SSSR count). The van der Waals surface area contributed by atoms with Crippen molar-refractivity contribution in [3.63, 3.8) is 0 Å². The van der Waals surface area contributed by atoms with Gasteiger partial charge in [-0.25, -0.2) is 8.78 Å². The van der Waals surface area contributed by atoms with E-state index in [-0.39, 0.29) is 6.54 Å². The van der Waals surface area contributed by atoms with Crippen molar-refractivity contribution in [2.45, 2.75) is 6.04 Å². The van der Waals surface area contributed by atoms with Crippen molar-refractivity contribution in [3.05, 3.63) is 59.7 Å². The maximum atomic E-state index is 13.8. The molecule has 0 fully saturated rings. The summed E-state index contributed by atoms with van der Waals surface area (Å²) < 4.78 is 32.0. The van der Waals surface area contributed by atoms with Gasteiger partial charge < -0.3 is 15.8 Å². The summed E-state index contributed by atoms with van der Waals surface area (Å²) >= 11 is 0. The summed E-state index contributed by atoms with van der Waals surface area (Å²) in [5.74, 6) is -0.601. The van der Waals surface area contributed by atoms with E-state index in [0.717, 1.165) is 6.07 Å². The van der Waals surface area contributed by atoms with E-state index in [9.17, 15) is 8.78 Å². The Kier molecular flexibility index (Phi) is 4.53. The van der Waals surface area contributed by atoms with Gasteiger partial charge in [-0.05, 0) is 18.2 Å². The minimum absolute atomic E-state index is 0.167. The molecule has 0 aliphatic rings. The second-order valence-corrected chi connectivity index (χ2v) is 4.30. The van der Waals surface area contributed by atoms with Crippen LogP contribution in [0.15, 0.2) is 42.5 Å². The van der Waals surface area contributed by atoms with Crippen LogP contribution in [0, 0.1) is 11.6 Å². The molecule has 1 atom stereocenters. The Morgan fingerprint density at radius 2 is 1.95 bits per heavy atom. The Bertz CT molecular complexity index is 590. The van der Waals surface area contributed by atoms with Crippen LogP contribution in [0.25, 0.3) is 0 Å². The van der Waals surface area contributed by atoms with Crippen molar-refractivity contribution in [2.24, 2.45) is 5.73 Å². The molecule has 0 aliphatic carbocycles. The molecule has 2 aromatic carbocycles. The monoisotopic (exact) mass is 278 g/mol. The minimum atomic E-state index is -0.622. The molecule has 20 heavy (non-hydrogen) atoms. The summed E-state index contributed by atoms with van der Waals surface area (Å²) in [4.78, 5) is 0. The molecule has 0 spiro atoms. The normalized spacial score (nSPS) is 12.0. The second kappa shape index (κ2) is 6.34. The zero-order valence-corrected chi connectivity index (χ0v) is 11.1. The first-order valence-corrected chi connectivity index (χ1v) is 6.20. The maximum absolute atomic E-state index is 13.8. The molecule has 3 N–H and O–H groups in total. The quantitative estimate of drug-likeness (QED) is 0.883. The summed E-state index contributed by atoms with van der Waals surface area (Å²) in [6.45, 7) is 0.167. The molecule has 0 saturated carbocycles. The molecular weight excluding hydrogens is 262 g/mol. The van der Waals surface area contributed by atoms with E-state index < -0.39 is 17.7 Å². The van der Waals surface area contributed by atoms with Crippen LogP contribution in [-0.2, 0) is 0 Å². The SMILES string of the molecule is COc1ccccc1NC(CN)c1ccc(F)cc1F. The minimum Gasteiger partial charge on any atom is -0.495 e. The lowest BCUT2D eigenvalue weighted by Gasteiger charge is -2.20. The fourth-order valence-electron chi connectivity index (χ4n) is 2.00. The van der Waals surface area contributed by atoms with Gasteiger partial charge in [-0.1, -0.05) is 18.2 Å². The number of hydrogen-bond donors (Lipinski definition) is 2. The van der Waals surface area contributed by atoms with E-state index in [1.807, 2.05) is 18.2 Å². The molecule has 5 heteroatoms. The Labute approximate surface area is 116 Å². The fraction of sp³-hybridized carbons (Fsp3) is 0.200. The van der Waals surface area contributed by atoms with Gasteiger partial charge in [0.1, 0.15) is 17.4 Å². The first kappa shape index (κ1) is 14.3. The van der Waals surface area contributed by atoms with Crippen LogP contribution in [-0.4, -0.2) is 13.7 Å². The Morgan fingerprint density at radius 1 is 1.20 bits per heavy atom. The predicted octanol–water partition coefficient (Wildman–Crippen LogP) is 3.09. The van der Waals surface area contributed by atoms with Crippen LogP contribution >= 0.6 is 0 Å². The number of rotatable bonds is 5. The molecule has 1 unspecified atom stereocenters. The lowest BCUT2D eigenvalue weighted by molar-refractivity contribution is 0.416. The zero-order chi connectivity index (χ0) is 14.5. The van der Waals surface area contributed by atoms with Gasteiger partial charge in [0.05, 0.1) is 18.8 Å². The summed E-state index contributed by atoms with van der Waals surface area (Å²) in [7, 11) is 1.55. The highest BCUT2D eigenvalue weighted by Gasteiger charge is 2.16. The average Bonchev–Trinajstić information content (AvgIpc) is 2.46.